The highest BCUT2D eigenvalue weighted by atomic mass is 127. The summed E-state index contributed by atoms with van der Waals surface area (Å²) in [6, 6.07) is 18.5. The van der Waals surface area contributed by atoms with Crippen LogP contribution in [-0.2, 0) is 0 Å². The van der Waals surface area contributed by atoms with Crippen LogP contribution in [0.5, 0.6) is 11.5 Å². The van der Waals surface area contributed by atoms with Crippen LogP contribution in [0.3, 0.4) is 0 Å². The van der Waals surface area contributed by atoms with E-state index in [1.807, 2.05) is 31.3 Å². The molecule has 0 aliphatic carbocycles. The lowest BCUT2D eigenvalue weighted by Gasteiger charge is -2.28. The molecule has 0 radical (unpaired) electrons. The van der Waals surface area contributed by atoms with Crippen molar-refractivity contribution in [3.8, 4) is 11.5 Å². The van der Waals surface area contributed by atoms with Gasteiger partial charge in [-0.2, -0.15) is 0 Å². The van der Waals surface area contributed by atoms with Crippen molar-refractivity contribution < 1.29 is 9.47 Å². The van der Waals surface area contributed by atoms with E-state index in [0.29, 0.717) is 19.1 Å². The Morgan fingerprint density at radius 2 is 1.85 bits per heavy atom. The molecule has 2 aliphatic rings. The number of nitrogens with zero attached hydrogens (tertiary/aromatic N) is 2. The largest absolute Gasteiger partial charge is 0.486 e. The van der Waals surface area contributed by atoms with Gasteiger partial charge in [0.15, 0.2) is 17.5 Å². The molecule has 2 unspecified atom stereocenters. The fraction of sp³-hybridized carbons (Fsp3) is 0.381. The quantitative estimate of drug-likeness (QED) is 0.416. The van der Waals surface area contributed by atoms with Gasteiger partial charge in [0.2, 0.25) is 0 Å². The highest BCUT2D eigenvalue weighted by Gasteiger charge is 2.27. The monoisotopic (exact) mass is 479 g/mol. The minimum Gasteiger partial charge on any atom is -0.486 e. The third kappa shape index (κ3) is 4.66. The number of likely N-dealkylation sites (tertiary alicyclic amines) is 1. The van der Waals surface area contributed by atoms with Gasteiger partial charge in [-0.05, 0) is 24.1 Å². The fourth-order valence-corrected chi connectivity index (χ4v) is 3.65. The van der Waals surface area contributed by atoms with Crippen molar-refractivity contribution in [2.24, 2.45) is 4.99 Å². The molecule has 2 aromatic carbocycles. The highest BCUT2D eigenvalue weighted by Crippen LogP contribution is 2.31. The molecule has 4 rings (SSSR count). The average Bonchev–Trinajstić information content (AvgIpc) is 3.19. The van der Waals surface area contributed by atoms with Crippen LogP contribution in [0.25, 0.3) is 0 Å². The van der Waals surface area contributed by atoms with E-state index in [1.54, 1.807) is 0 Å². The number of hydrogen-bond acceptors (Lipinski definition) is 3. The maximum Gasteiger partial charge on any atom is 0.193 e. The molecule has 144 valence electrons. The number of hydrogen-bond donors (Lipinski definition) is 1. The van der Waals surface area contributed by atoms with Gasteiger partial charge in [-0.25, -0.2) is 0 Å². The Bertz CT molecular complexity index is 769. The molecule has 2 aromatic rings. The van der Waals surface area contributed by atoms with E-state index in [0.717, 1.165) is 37.0 Å². The Kier molecular flexibility index (Phi) is 6.82. The van der Waals surface area contributed by atoms with E-state index in [-0.39, 0.29) is 30.1 Å². The van der Waals surface area contributed by atoms with Gasteiger partial charge >= 0.3 is 0 Å². The van der Waals surface area contributed by atoms with Crippen LogP contribution in [-0.4, -0.2) is 50.3 Å². The summed E-state index contributed by atoms with van der Waals surface area (Å²) in [5, 5.41) is 3.45. The summed E-state index contributed by atoms with van der Waals surface area (Å²) in [7, 11) is 1.84. The van der Waals surface area contributed by atoms with Crippen LogP contribution in [0, 0.1) is 0 Å². The molecule has 5 nitrogen and oxygen atoms in total. The number of rotatable bonds is 3. The number of halogens is 1. The van der Waals surface area contributed by atoms with Crippen molar-refractivity contribution in [3.63, 3.8) is 0 Å². The van der Waals surface area contributed by atoms with Gasteiger partial charge in [-0.3, -0.25) is 4.99 Å². The summed E-state index contributed by atoms with van der Waals surface area (Å²) >= 11 is 0. The predicted octanol–water partition coefficient (Wildman–Crippen LogP) is 3.51. The van der Waals surface area contributed by atoms with Crippen LogP contribution in [0.4, 0.5) is 0 Å². The van der Waals surface area contributed by atoms with Gasteiger partial charge in [0.1, 0.15) is 12.7 Å². The third-order valence-corrected chi connectivity index (χ3v) is 5.03. The SMILES string of the molecule is CN=C(NCC1COc2ccccc2O1)N1CCC(c2ccccc2)C1.I. The molecule has 0 amide bonds. The standard InChI is InChI=1S/C21H25N3O2.HI/c1-22-21(24-12-11-17(14-24)16-7-3-2-4-8-16)23-13-18-15-25-19-9-5-6-10-20(19)26-18;/h2-10,17-18H,11-15H2,1H3,(H,22,23);1H. The van der Waals surface area contributed by atoms with E-state index < -0.39 is 0 Å². The van der Waals surface area contributed by atoms with E-state index in [4.69, 9.17) is 9.47 Å². The minimum atomic E-state index is -0.0193. The summed E-state index contributed by atoms with van der Waals surface area (Å²) < 4.78 is 11.8. The Morgan fingerprint density at radius 1 is 1.11 bits per heavy atom. The highest BCUT2D eigenvalue weighted by molar-refractivity contribution is 14.0. The molecule has 2 heterocycles. The van der Waals surface area contributed by atoms with Gasteiger partial charge in [-0.15, -0.1) is 24.0 Å². The lowest BCUT2D eigenvalue weighted by Crippen LogP contribution is -2.46. The van der Waals surface area contributed by atoms with Crippen molar-refractivity contribution in [2.75, 3.05) is 33.3 Å². The van der Waals surface area contributed by atoms with E-state index in [2.05, 4.69) is 45.5 Å². The molecule has 0 spiro atoms. The number of fused-ring (bicyclic) bond motifs is 1. The first kappa shape index (κ1) is 19.8. The van der Waals surface area contributed by atoms with Crippen LogP contribution in [0.2, 0.25) is 0 Å². The van der Waals surface area contributed by atoms with E-state index >= 15 is 0 Å². The molecule has 2 aliphatic heterocycles. The average molecular weight is 479 g/mol. The normalized spacial score (nSPS) is 21.5. The Morgan fingerprint density at radius 3 is 2.63 bits per heavy atom. The van der Waals surface area contributed by atoms with Crippen LogP contribution < -0.4 is 14.8 Å². The molecule has 1 fully saturated rings. The topological polar surface area (TPSA) is 46.1 Å². The number of nitrogens with one attached hydrogen (secondary N) is 1. The van der Waals surface area contributed by atoms with Gasteiger partial charge in [-0.1, -0.05) is 42.5 Å². The molecule has 27 heavy (non-hydrogen) atoms. The molecular weight excluding hydrogens is 453 g/mol. The Labute approximate surface area is 177 Å². The molecule has 6 heteroatoms. The summed E-state index contributed by atoms with van der Waals surface area (Å²) in [5.41, 5.74) is 1.41. The molecule has 0 aromatic heterocycles. The van der Waals surface area contributed by atoms with Gasteiger partial charge in [0.05, 0.1) is 6.54 Å². The lowest BCUT2D eigenvalue weighted by atomic mass is 9.99. The zero-order valence-electron chi connectivity index (χ0n) is 15.5. The summed E-state index contributed by atoms with van der Waals surface area (Å²) in [5.74, 6) is 3.13. The number of ether oxygens (including phenoxy) is 2. The molecule has 0 bridgehead atoms. The number of aliphatic imine (C=N–C) groups is 1. The second-order valence-corrected chi connectivity index (χ2v) is 6.77. The molecule has 1 saturated heterocycles. The van der Waals surface area contributed by atoms with Crippen molar-refractivity contribution in [1.29, 1.82) is 0 Å². The maximum absolute atomic E-state index is 6.02. The van der Waals surface area contributed by atoms with Crippen molar-refractivity contribution in [2.45, 2.75) is 18.4 Å². The summed E-state index contributed by atoms with van der Waals surface area (Å²) in [4.78, 5) is 6.79. The van der Waals surface area contributed by atoms with Gasteiger partial charge in [0, 0.05) is 26.1 Å². The van der Waals surface area contributed by atoms with Gasteiger partial charge in [0.25, 0.3) is 0 Å². The van der Waals surface area contributed by atoms with E-state index in [1.165, 1.54) is 5.56 Å². The lowest BCUT2D eigenvalue weighted by molar-refractivity contribution is 0.0932. The van der Waals surface area contributed by atoms with Crippen molar-refractivity contribution >= 4 is 29.9 Å². The number of guanidine groups is 1. The minimum absolute atomic E-state index is 0. The third-order valence-electron chi connectivity index (χ3n) is 5.03. The second kappa shape index (κ2) is 9.30. The van der Waals surface area contributed by atoms with Crippen LogP contribution >= 0.6 is 24.0 Å². The fourth-order valence-electron chi connectivity index (χ4n) is 3.65. The zero-order chi connectivity index (χ0) is 17.8. The Hall–Kier alpha value is -1.96. The Balaban J connectivity index is 0.00000210. The molecule has 0 saturated carbocycles. The first-order chi connectivity index (χ1) is 12.8. The second-order valence-electron chi connectivity index (χ2n) is 6.77. The predicted molar refractivity (Wildman–Crippen MR) is 119 cm³/mol. The smallest absolute Gasteiger partial charge is 0.193 e. The van der Waals surface area contributed by atoms with Crippen LogP contribution in [0.1, 0.15) is 17.9 Å². The van der Waals surface area contributed by atoms with Crippen molar-refractivity contribution in [3.05, 3.63) is 60.2 Å². The number of benzene rings is 2. The first-order valence-electron chi connectivity index (χ1n) is 9.22. The summed E-state index contributed by atoms with van der Waals surface area (Å²) in [6.07, 6.45) is 1.13. The molecule has 2 atom stereocenters. The van der Waals surface area contributed by atoms with Crippen molar-refractivity contribution in [1.82, 2.24) is 10.2 Å². The number of para-hydroxylation sites is 2. The molecule has 1 N–H and O–H groups in total. The van der Waals surface area contributed by atoms with Crippen LogP contribution in [0.15, 0.2) is 59.6 Å². The van der Waals surface area contributed by atoms with Gasteiger partial charge < -0.3 is 19.7 Å². The molecular formula is C21H26IN3O2. The maximum atomic E-state index is 6.02. The zero-order valence-corrected chi connectivity index (χ0v) is 17.8. The van der Waals surface area contributed by atoms with E-state index in [9.17, 15) is 0 Å². The summed E-state index contributed by atoms with van der Waals surface area (Å²) in [6.45, 7) is 3.24. The first-order valence-corrected chi connectivity index (χ1v) is 9.22.